The van der Waals surface area contributed by atoms with Gasteiger partial charge in [0.15, 0.2) is 0 Å². The second kappa shape index (κ2) is 11.6. The summed E-state index contributed by atoms with van der Waals surface area (Å²) in [5, 5.41) is 1.13. The van der Waals surface area contributed by atoms with Gasteiger partial charge in [-0.25, -0.2) is 0 Å². The van der Waals surface area contributed by atoms with Crippen LogP contribution in [0.1, 0.15) is 22.5 Å². The predicted octanol–water partition coefficient (Wildman–Crippen LogP) is 13.6. The first-order valence-corrected chi connectivity index (χ1v) is 18.3. The number of fused-ring (bicyclic) bond motifs is 12. The van der Waals surface area contributed by atoms with E-state index in [0.717, 1.165) is 33.8 Å². The van der Waals surface area contributed by atoms with E-state index in [-0.39, 0.29) is 0 Å². The fourth-order valence-corrected chi connectivity index (χ4v) is 9.09. The van der Waals surface area contributed by atoms with Gasteiger partial charge < -0.3 is 9.32 Å². The van der Waals surface area contributed by atoms with Gasteiger partial charge in [-0.2, -0.15) is 0 Å². The third-order valence-electron chi connectivity index (χ3n) is 11.2. The van der Waals surface area contributed by atoms with E-state index in [1.807, 2.05) is 0 Å². The van der Waals surface area contributed by atoms with Gasteiger partial charge in [0.2, 0.25) is 0 Å². The summed E-state index contributed by atoms with van der Waals surface area (Å²) in [6.45, 7) is 0. The molecule has 0 N–H and O–H groups in total. The van der Waals surface area contributed by atoms with Crippen LogP contribution < -0.4 is 4.90 Å². The molecule has 0 saturated heterocycles. The fourth-order valence-electron chi connectivity index (χ4n) is 9.09. The summed E-state index contributed by atoms with van der Waals surface area (Å²) in [7, 11) is 0. The van der Waals surface area contributed by atoms with E-state index in [4.69, 9.17) is 4.42 Å². The highest BCUT2D eigenvalue weighted by molar-refractivity contribution is 6.09. The summed E-state index contributed by atoms with van der Waals surface area (Å²) in [6, 6.07) is 72.4. The normalized spacial score (nSPS) is 13.1. The summed E-state index contributed by atoms with van der Waals surface area (Å²) >= 11 is 0. The van der Waals surface area contributed by atoms with Crippen molar-refractivity contribution in [1.82, 2.24) is 0 Å². The average Bonchev–Trinajstić information content (AvgIpc) is 3.86. The minimum atomic E-state index is -0.601. The van der Waals surface area contributed by atoms with Crippen molar-refractivity contribution in [3.05, 3.63) is 223 Å². The summed E-state index contributed by atoms with van der Waals surface area (Å²) in [6.07, 6.45) is 0. The van der Waals surface area contributed by atoms with Crippen LogP contribution in [0.3, 0.4) is 0 Å². The molecule has 0 unspecified atom stereocenters. The zero-order valence-corrected chi connectivity index (χ0v) is 28.9. The first kappa shape index (κ1) is 29.8. The van der Waals surface area contributed by atoms with Crippen molar-refractivity contribution in [3.8, 4) is 44.5 Å². The maximum atomic E-state index is 7.13. The quantitative estimate of drug-likeness (QED) is 0.181. The lowest BCUT2D eigenvalue weighted by atomic mass is 9.73. The Kier molecular flexibility index (Phi) is 6.50. The van der Waals surface area contributed by atoms with Gasteiger partial charge >= 0.3 is 0 Å². The predicted molar refractivity (Wildman–Crippen MR) is 218 cm³/mol. The Morgan fingerprint density at radius 2 is 0.906 bits per heavy atom. The minimum absolute atomic E-state index is 0.601. The second-order valence-electron chi connectivity index (χ2n) is 14.0. The van der Waals surface area contributed by atoms with Gasteiger partial charge in [0.25, 0.3) is 0 Å². The molecule has 0 fully saturated rings. The van der Waals surface area contributed by atoms with Gasteiger partial charge in [0.05, 0.1) is 5.69 Å². The number of hydrogen-bond acceptors (Lipinski definition) is 2. The fraction of sp³-hybridized carbons (Fsp3) is 0.0196. The molecule has 0 saturated carbocycles. The highest BCUT2D eigenvalue weighted by atomic mass is 16.3. The van der Waals surface area contributed by atoms with Gasteiger partial charge in [-0.1, -0.05) is 158 Å². The molecule has 1 spiro atoms. The molecule has 2 heteroatoms. The van der Waals surface area contributed by atoms with Crippen LogP contribution in [0, 0.1) is 0 Å². The molecule has 9 aromatic rings. The zero-order chi connectivity index (χ0) is 34.9. The van der Waals surface area contributed by atoms with Crippen molar-refractivity contribution >= 4 is 28.0 Å². The standard InChI is InChI=1S/C51H33NO/c1-4-17-34(18-5-1)36-31-37(35-19-6-2-7-20-35)33-39(32-36)52(38-21-8-3-9-22-38)46-29-16-28-45-49(46)48-42-25-12-15-30-47(42)53-50(48)51(45)43-26-13-10-23-40(43)41-24-11-14-27-44(41)51/h1-33H. The topological polar surface area (TPSA) is 16.4 Å². The molecule has 0 aliphatic heterocycles. The van der Waals surface area contributed by atoms with E-state index >= 15 is 0 Å². The SMILES string of the molecule is c1ccc(-c2cc(-c3ccccc3)cc(N(c3ccccc3)c3cccc4c3-c3c(oc5ccccc35)C43c4ccccc4-c4ccccc43)c2)cc1. The molecule has 0 atom stereocenters. The van der Waals surface area contributed by atoms with Crippen LogP contribution >= 0.6 is 0 Å². The van der Waals surface area contributed by atoms with E-state index in [0.29, 0.717) is 0 Å². The molecule has 248 valence electrons. The third-order valence-corrected chi connectivity index (χ3v) is 11.2. The maximum Gasteiger partial charge on any atom is 0.135 e. The number of hydrogen-bond donors (Lipinski definition) is 0. The number of nitrogens with zero attached hydrogens (tertiary/aromatic N) is 1. The van der Waals surface area contributed by atoms with E-state index < -0.39 is 5.41 Å². The van der Waals surface area contributed by atoms with Gasteiger partial charge in [-0.15, -0.1) is 0 Å². The molecule has 1 aromatic heterocycles. The second-order valence-corrected chi connectivity index (χ2v) is 14.0. The summed E-state index contributed by atoms with van der Waals surface area (Å²) in [4.78, 5) is 2.45. The van der Waals surface area contributed by atoms with Crippen LogP contribution in [-0.2, 0) is 5.41 Å². The first-order chi connectivity index (χ1) is 26.3. The van der Waals surface area contributed by atoms with Gasteiger partial charge in [0, 0.05) is 27.9 Å². The number of para-hydroxylation sites is 2. The zero-order valence-electron chi connectivity index (χ0n) is 28.9. The lowest BCUT2D eigenvalue weighted by Crippen LogP contribution is -2.25. The monoisotopic (exact) mass is 675 g/mol. The van der Waals surface area contributed by atoms with Gasteiger partial charge in [-0.3, -0.25) is 0 Å². The van der Waals surface area contributed by atoms with Crippen molar-refractivity contribution in [2.75, 3.05) is 4.90 Å². The molecule has 0 bridgehead atoms. The van der Waals surface area contributed by atoms with E-state index in [1.165, 1.54) is 61.2 Å². The van der Waals surface area contributed by atoms with E-state index in [9.17, 15) is 0 Å². The van der Waals surface area contributed by atoms with Gasteiger partial charge in [-0.05, 0) is 92.5 Å². The molecular formula is C51H33NO. The van der Waals surface area contributed by atoms with Crippen LogP contribution in [-0.4, -0.2) is 0 Å². The Hall–Kier alpha value is -6.90. The van der Waals surface area contributed by atoms with Crippen molar-refractivity contribution in [1.29, 1.82) is 0 Å². The van der Waals surface area contributed by atoms with Crippen LogP contribution in [0.15, 0.2) is 205 Å². The molecule has 8 aromatic carbocycles. The first-order valence-electron chi connectivity index (χ1n) is 18.3. The Bertz CT molecular complexity index is 2730. The van der Waals surface area contributed by atoms with Gasteiger partial charge in [0.1, 0.15) is 16.8 Å². The summed E-state index contributed by atoms with van der Waals surface area (Å²) in [5.41, 5.74) is 17.0. The summed E-state index contributed by atoms with van der Waals surface area (Å²) < 4.78 is 7.13. The highest BCUT2D eigenvalue weighted by Crippen LogP contribution is 2.66. The molecule has 0 radical (unpaired) electrons. The third kappa shape index (κ3) is 4.27. The highest BCUT2D eigenvalue weighted by Gasteiger charge is 2.55. The lowest BCUT2D eigenvalue weighted by molar-refractivity contribution is 0.507. The van der Waals surface area contributed by atoms with E-state index in [2.05, 4.69) is 205 Å². The largest absolute Gasteiger partial charge is 0.459 e. The smallest absolute Gasteiger partial charge is 0.135 e. The molecule has 1 heterocycles. The number of anilines is 3. The molecule has 2 aliphatic carbocycles. The lowest BCUT2D eigenvalue weighted by Gasteiger charge is -2.31. The van der Waals surface area contributed by atoms with Crippen molar-refractivity contribution in [2.45, 2.75) is 5.41 Å². The number of furan rings is 1. The number of benzene rings is 8. The Morgan fingerprint density at radius 3 is 1.55 bits per heavy atom. The average molecular weight is 676 g/mol. The maximum absolute atomic E-state index is 7.13. The molecular weight excluding hydrogens is 643 g/mol. The van der Waals surface area contributed by atoms with Crippen LogP contribution in [0.25, 0.3) is 55.5 Å². The molecule has 11 rings (SSSR count). The Labute approximate surface area is 308 Å². The van der Waals surface area contributed by atoms with Crippen molar-refractivity contribution in [3.63, 3.8) is 0 Å². The van der Waals surface area contributed by atoms with Crippen LogP contribution in [0.5, 0.6) is 0 Å². The molecule has 53 heavy (non-hydrogen) atoms. The summed E-state index contributed by atoms with van der Waals surface area (Å²) in [5.74, 6) is 0.995. The van der Waals surface area contributed by atoms with Crippen LogP contribution in [0.4, 0.5) is 17.1 Å². The van der Waals surface area contributed by atoms with Crippen molar-refractivity contribution < 1.29 is 4.42 Å². The Balaban J connectivity index is 1.26. The molecule has 0 amide bonds. The molecule has 2 aliphatic rings. The Morgan fingerprint density at radius 1 is 0.377 bits per heavy atom. The molecule has 2 nitrogen and oxygen atoms in total. The van der Waals surface area contributed by atoms with Crippen molar-refractivity contribution in [2.24, 2.45) is 0 Å². The minimum Gasteiger partial charge on any atom is -0.459 e. The van der Waals surface area contributed by atoms with Crippen LogP contribution in [0.2, 0.25) is 0 Å². The van der Waals surface area contributed by atoms with E-state index in [1.54, 1.807) is 0 Å². The number of rotatable bonds is 5.